The van der Waals surface area contributed by atoms with E-state index < -0.39 is 0 Å². The van der Waals surface area contributed by atoms with E-state index in [0.717, 1.165) is 16.7 Å². The van der Waals surface area contributed by atoms with Crippen molar-refractivity contribution in [3.8, 4) is 11.1 Å². The van der Waals surface area contributed by atoms with Gasteiger partial charge in [-0.3, -0.25) is 9.48 Å². The second kappa shape index (κ2) is 7.64. The van der Waals surface area contributed by atoms with Crippen LogP contribution in [0.1, 0.15) is 11.1 Å². The van der Waals surface area contributed by atoms with Gasteiger partial charge in [-0.25, -0.2) is 0 Å². The van der Waals surface area contributed by atoms with Crippen LogP contribution in [0, 0.1) is 0 Å². The predicted octanol–water partition coefficient (Wildman–Crippen LogP) is 4.46. The number of hydrogen-bond donors (Lipinski definition) is 0. The molecule has 2 aromatic carbocycles. The Morgan fingerprint density at radius 2 is 1.52 bits per heavy atom. The number of pyridine rings is 1. The van der Waals surface area contributed by atoms with Crippen molar-refractivity contribution < 1.29 is 0 Å². The van der Waals surface area contributed by atoms with Gasteiger partial charge in [0.05, 0.1) is 19.3 Å². The fraction of sp³-hybridized carbons (Fsp3) is 0.0909. The quantitative estimate of drug-likeness (QED) is 0.516. The van der Waals surface area contributed by atoms with E-state index in [-0.39, 0.29) is 5.56 Å². The lowest BCUT2D eigenvalue weighted by Gasteiger charge is -2.08. The Balaban J connectivity index is 1.57. The zero-order valence-electron chi connectivity index (χ0n) is 14.6. The first-order chi connectivity index (χ1) is 13.2. The summed E-state index contributed by atoms with van der Waals surface area (Å²) >= 11 is 5.93. The van der Waals surface area contributed by atoms with Gasteiger partial charge in [-0.15, -0.1) is 0 Å². The molecule has 0 fully saturated rings. The molecule has 134 valence electrons. The highest BCUT2D eigenvalue weighted by Gasteiger charge is 2.06. The maximum Gasteiger partial charge on any atom is 0.250 e. The third kappa shape index (κ3) is 4.18. The molecule has 0 amide bonds. The molecule has 5 heteroatoms. The maximum absolute atomic E-state index is 12.2. The van der Waals surface area contributed by atoms with Crippen LogP contribution in [0.4, 0.5) is 0 Å². The Morgan fingerprint density at radius 3 is 2.30 bits per heavy atom. The molecule has 0 aliphatic carbocycles. The summed E-state index contributed by atoms with van der Waals surface area (Å²) in [6, 6.07) is 21.2. The number of aromatic nitrogens is 3. The van der Waals surface area contributed by atoms with Crippen LogP contribution >= 0.6 is 11.6 Å². The molecule has 0 unspecified atom stereocenters. The van der Waals surface area contributed by atoms with Gasteiger partial charge in [0.25, 0.3) is 5.56 Å². The first kappa shape index (κ1) is 17.3. The van der Waals surface area contributed by atoms with Crippen molar-refractivity contribution >= 4 is 11.6 Å². The Hall–Kier alpha value is -3.11. The molecule has 0 N–H and O–H groups in total. The van der Waals surface area contributed by atoms with Crippen molar-refractivity contribution in [1.29, 1.82) is 0 Å². The number of halogens is 1. The first-order valence-electron chi connectivity index (χ1n) is 8.69. The molecule has 0 aliphatic heterocycles. The van der Waals surface area contributed by atoms with Crippen LogP contribution in [0.25, 0.3) is 11.1 Å². The molecule has 0 saturated heterocycles. The molecule has 0 radical (unpaired) electrons. The highest BCUT2D eigenvalue weighted by Crippen LogP contribution is 2.18. The minimum absolute atomic E-state index is 0.0367. The van der Waals surface area contributed by atoms with Gasteiger partial charge >= 0.3 is 0 Å². The molecule has 27 heavy (non-hydrogen) atoms. The minimum Gasteiger partial charge on any atom is -0.310 e. The van der Waals surface area contributed by atoms with Gasteiger partial charge < -0.3 is 4.57 Å². The average molecular weight is 376 g/mol. The van der Waals surface area contributed by atoms with Gasteiger partial charge in [0.2, 0.25) is 0 Å². The predicted molar refractivity (Wildman–Crippen MR) is 108 cm³/mol. The van der Waals surface area contributed by atoms with Crippen molar-refractivity contribution in [2.75, 3.05) is 0 Å². The number of rotatable bonds is 5. The van der Waals surface area contributed by atoms with E-state index in [1.165, 1.54) is 5.56 Å². The molecule has 2 heterocycles. The van der Waals surface area contributed by atoms with Gasteiger partial charge in [0.15, 0.2) is 0 Å². The van der Waals surface area contributed by atoms with Crippen LogP contribution in [0.15, 0.2) is 90.1 Å². The summed E-state index contributed by atoms with van der Waals surface area (Å²) in [5, 5.41) is 5.13. The lowest BCUT2D eigenvalue weighted by Crippen LogP contribution is -2.19. The number of nitrogens with zero attached hydrogens (tertiary/aromatic N) is 3. The smallest absolute Gasteiger partial charge is 0.250 e. The zero-order chi connectivity index (χ0) is 18.6. The van der Waals surface area contributed by atoms with E-state index >= 15 is 0 Å². The lowest BCUT2D eigenvalue weighted by atomic mass is 10.1. The van der Waals surface area contributed by atoms with Crippen molar-refractivity contribution in [2.24, 2.45) is 0 Å². The molecule has 0 aliphatic rings. The number of benzene rings is 2. The average Bonchev–Trinajstić information content (AvgIpc) is 3.14. The molecule has 0 atom stereocenters. The van der Waals surface area contributed by atoms with E-state index in [1.807, 2.05) is 71.8 Å². The second-order valence-electron chi connectivity index (χ2n) is 6.42. The van der Waals surface area contributed by atoms with Gasteiger partial charge in [-0.1, -0.05) is 54.1 Å². The van der Waals surface area contributed by atoms with Crippen LogP contribution < -0.4 is 5.56 Å². The van der Waals surface area contributed by atoms with Crippen LogP contribution in [0.5, 0.6) is 0 Å². The Kier molecular flexibility index (Phi) is 4.90. The summed E-state index contributed by atoms with van der Waals surface area (Å²) in [5.74, 6) is 0. The molecule has 0 saturated carbocycles. The summed E-state index contributed by atoms with van der Waals surface area (Å²) in [5.41, 5.74) is 4.13. The van der Waals surface area contributed by atoms with Crippen molar-refractivity contribution in [1.82, 2.24) is 14.3 Å². The Bertz CT molecular complexity index is 1100. The van der Waals surface area contributed by atoms with Crippen LogP contribution in [0.3, 0.4) is 0 Å². The van der Waals surface area contributed by atoms with E-state index in [2.05, 4.69) is 17.2 Å². The topological polar surface area (TPSA) is 39.8 Å². The molecule has 2 aromatic heterocycles. The van der Waals surface area contributed by atoms with Crippen molar-refractivity contribution in [2.45, 2.75) is 13.1 Å². The standard InChI is InChI=1S/C22H18ClN3O/c23-21-9-6-18(7-10-21)13-25-15-19(8-11-22(25)27)20-12-24-26(16-20)14-17-4-2-1-3-5-17/h1-12,15-16H,13-14H2. The molecular formula is C22H18ClN3O. The Labute approximate surface area is 162 Å². The van der Waals surface area contributed by atoms with E-state index in [0.29, 0.717) is 18.1 Å². The normalized spacial score (nSPS) is 10.9. The van der Waals surface area contributed by atoms with E-state index in [4.69, 9.17) is 11.6 Å². The van der Waals surface area contributed by atoms with Gasteiger partial charge in [0.1, 0.15) is 0 Å². The van der Waals surface area contributed by atoms with E-state index in [1.54, 1.807) is 10.6 Å². The highest BCUT2D eigenvalue weighted by molar-refractivity contribution is 6.30. The summed E-state index contributed by atoms with van der Waals surface area (Å²) < 4.78 is 3.60. The minimum atomic E-state index is -0.0367. The molecular weight excluding hydrogens is 358 g/mol. The SMILES string of the molecule is O=c1ccc(-c2cnn(Cc3ccccc3)c2)cn1Cc1ccc(Cl)cc1. The van der Waals surface area contributed by atoms with Gasteiger partial charge in [-0.2, -0.15) is 5.10 Å². The first-order valence-corrected chi connectivity index (χ1v) is 9.07. The summed E-state index contributed by atoms with van der Waals surface area (Å²) in [6.07, 6.45) is 5.70. The van der Waals surface area contributed by atoms with Gasteiger partial charge in [-0.05, 0) is 29.3 Å². The summed E-state index contributed by atoms with van der Waals surface area (Å²) in [6.45, 7) is 1.22. The molecule has 0 bridgehead atoms. The molecule has 4 aromatic rings. The van der Waals surface area contributed by atoms with E-state index in [9.17, 15) is 4.79 Å². The zero-order valence-corrected chi connectivity index (χ0v) is 15.4. The van der Waals surface area contributed by atoms with Crippen LogP contribution in [-0.4, -0.2) is 14.3 Å². The monoisotopic (exact) mass is 375 g/mol. The molecule has 4 nitrogen and oxygen atoms in total. The summed E-state index contributed by atoms with van der Waals surface area (Å²) in [4.78, 5) is 12.2. The van der Waals surface area contributed by atoms with Crippen LogP contribution in [0.2, 0.25) is 5.02 Å². The second-order valence-corrected chi connectivity index (χ2v) is 6.86. The summed E-state index contributed by atoms with van der Waals surface area (Å²) in [7, 11) is 0. The number of hydrogen-bond acceptors (Lipinski definition) is 2. The van der Waals surface area contributed by atoms with Crippen LogP contribution in [-0.2, 0) is 13.1 Å². The molecule has 0 spiro atoms. The lowest BCUT2D eigenvalue weighted by molar-refractivity contribution is 0.687. The fourth-order valence-electron chi connectivity index (χ4n) is 2.98. The highest BCUT2D eigenvalue weighted by atomic mass is 35.5. The third-order valence-corrected chi connectivity index (χ3v) is 4.66. The largest absolute Gasteiger partial charge is 0.310 e. The maximum atomic E-state index is 12.2. The Morgan fingerprint density at radius 1 is 0.778 bits per heavy atom. The fourth-order valence-corrected chi connectivity index (χ4v) is 3.11. The van der Waals surface area contributed by atoms with Crippen molar-refractivity contribution in [3.05, 3.63) is 112 Å². The van der Waals surface area contributed by atoms with Crippen molar-refractivity contribution in [3.63, 3.8) is 0 Å². The third-order valence-electron chi connectivity index (χ3n) is 4.40. The van der Waals surface area contributed by atoms with Gasteiger partial charge in [0, 0.05) is 34.6 Å². The molecule has 4 rings (SSSR count).